The van der Waals surface area contributed by atoms with E-state index in [0.29, 0.717) is 27.8 Å². The summed E-state index contributed by atoms with van der Waals surface area (Å²) >= 11 is 9.31. The smallest absolute Gasteiger partial charge is 0.277 e. The van der Waals surface area contributed by atoms with Crippen molar-refractivity contribution in [2.75, 3.05) is 20.8 Å². The zero-order valence-electron chi connectivity index (χ0n) is 13.6. The van der Waals surface area contributed by atoms with E-state index in [1.54, 1.807) is 50.6 Å². The molecule has 0 saturated heterocycles. The van der Waals surface area contributed by atoms with Gasteiger partial charge in [0, 0.05) is 16.1 Å². The maximum absolute atomic E-state index is 11.8. The van der Waals surface area contributed by atoms with Crippen molar-refractivity contribution in [2.24, 2.45) is 5.10 Å². The first kappa shape index (κ1) is 19.1. The molecule has 2 aromatic rings. The van der Waals surface area contributed by atoms with E-state index in [9.17, 15) is 4.79 Å². The first-order valence-corrected chi connectivity index (χ1v) is 8.32. The Labute approximate surface area is 158 Å². The van der Waals surface area contributed by atoms with Gasteiger partial charge in [-0.1, -0.05) is 27.5 Å². The molecule has 2 rings (SSSR count). The van der Waals surface area contributed by atoms with Gasteiger partial charge < -0.3 is 14.2 Å². The molecule has 1 N–H and O–H groups in total. The van der Waals surface area contributed by atoms with Crippen LogP contribution < -0.4 is 19.6 Å². The van der Waals surface area contributed by atoms with Crippen LogP contribution in [0.1, 0.15) is 5.56 Å². The number of hydrogen-bond donors (Lipinski definition) is 1. The Morgan fingerprint density at radius 1 is 1.20 bits per heavy atom. The van der Waals surface area contributed by atoms with E-state index >= 15 is 0 Å². The largest absolute Gasteiger partial charge is 0.497 e. The summed E-state index contributed by atoms with van der Waals surface area (Å²) in [6, 6.07) is 10.4. The summed E-state index contributed by atoms with van der Waals surface area (Å²) in [4.78, 5) is 11.8. The van der Waals surface area contributed by atoms with Crippen molar-refractivity contribution in [2.45, 2.75) is 0 Å². The highest BCUT2D eigenvalue weighted by Gasteiger charge is 2.06. The molecule has 0 saturated carbocycles. The molecule has 132 valence electrons. The topological polar surface area (TPSA) is 69.2 Å². The van der Waals surface area contributed by atoms with Crippen molar-refractivity contribution in [3.05, 3.63) is 51.5 Å². The summed E-state index contributed by atoms with van der Waals surface area (Å²) in [5, 5.41) is 4.30. The summed E-state index contributed by atoms with van der Waals surface area (Å²) in [6.07, 6.45) is 1.47. The van der Waals surface area contributed by atoms with Crippen molar-refractivity contribution in [1.29, 1.82) is 0 Å². The summed E-state index contributed by atoms with van der Waals surface area (Å²) in [5.74, 6) is 1.25. The van der Waals surface area contributed by atoms with Crippen LogP contribution in [-0.2, 0) is 4.79 Å². The Balaban J connectivity index is 1.90. The molecule has 0 unspecified atom stereocenters. The summed E-state index contributed by atoms with van der Waals surface area (Å²) in [7, 11) is 3.11. The number of carbonyl (C=O) groups excluding carboxylic acids is 1. The molecule has 0 fully saturated rings. The lowest BCUT2D eigenvalue weighted by molar-refractivity contribution is -0.123. The van der Waals surface area contributed by atoms with Gasteiger partial charge in [-0.25, -0.2) is 5.43 Å². The van der Waals surface area contributed by atoms with Crippen LogP contribution in [0, 0.1) is 0 Å². The highest BCUT2D eigenvalue weighted by Crippen LogP contribution is 2.27. The first-order valence-electron chi connectivity index (χ1n) is 7.15. The molecule has 0 heterocycles. The lowest BCUT2D eigenvalue weighted by Gasteiger charge is -2.08. The minimum atomic E-state index is -0.414. The van der Waals surface area contributed by atoms with Crippen LogP contribution in [0.15, 0.2) is 46.0 Å². The fourth-order valence-corrected chi connectivity index (χ4v) is 2.59. The van der Waals surface area contributed by atoms with Crippen LogP contribution >= 0.6 is 27.5 Å². The van der Waals surface area contributed by atoms with Gasteiger partial charge in [-0.3, -0.25) is 4.79 Å². The third-order valence-electron chi connectivity index (χ3n) is 3.09. The SMILES string of the molecule is COc1ccc(/C=N/NC(=O)COc2ccc(Br)cc2Cl)c(OC)c1. The molecule has 0 atom stereocenters. The van der Waals surface area contributed by atoms with Gasteiger partial charge in [0.15, 0.2) is 6.61 Å². The monoisotopic (exact) mass is 426 g/mol. The van der Waals surface area contributed by atoms with Crippen LogP contribution in [0.2, 0.25) is 5.02 Å². The second-order valence-electron chi connectivity index (χ2n) is 4.76. The van der Waals surface area contributed by atoms with Crippen LogP contribution in [-0.4, -0.2) is 32.9 Å². The Bertz CT molecular complexity index is 783. The van der Waals surface area contributed by atoms with Gasteiger partial charge in [0.2, 0.25) is 0 Å². The highest BCUT2D eigenvalue weighted by molar-refractivity contribution is 9.10. The number of carbonyl (C=O) groups is 1. The molecule has 0 spiro atoms. The van der Waals surface area contributed by atoms with Crippen molar-refractivity contribution in [3.8, 4) is 17.2 Å². The van der Waals surface area contributed by atoms with Gasteiger partial charge >= 0.3 is 0 Å². The highest BCUT2D eigenvalue weighted by atomic mass is 79.9. The fraction of sp³-hybridized carbons (Fsp3) is 0.176. The Kier molecular flexibility index (Phi) is 7.09. The standard InChI is InChI=1S/C17H16BrClN2O4/c1-23-13-5-3-11(16(8-13)24-2)9-20-21-17(22)10-25-15-6-4-12(18)7-14(15)19/h3-9H,10H2,1-2H3,(H,21,22)/b20-9+. The average molecular weight is 428 g/mol. The van der Waals surface area contributed by atoms with E-state index < -0.39 is 5.91 Å². The second kappa shape index (κ2) is 9.29. The fourth-order valence-electron chi connectivity index (χ4n) is 1.87. The molecular weight excluding hydrogens is 412 g/mol. The van der Waals surface area contributed by atoms with Gasteiger partial charge in [0.25, 0.3) is 5.91 Å². The molecule has 2 aromatic carbocycles. The summed E-state index contributed by atoms with van der Waals surface area (Å²) < 4.78 is 16.5. The number of amides is 1. The number of hydrazone groups is 1. The van der Waals surface area contributed by atoms with E-state index in [0.717, 1.165) is 4.47 Å². The Morgan fingerprint density at radius 3 is 2.68 bits per heavy atom. The molecule has 0 aliphatic heterocycles. The molecule has 0 radical (unpaired) electrons. The number of benzene rings is 2. The number of nitrogens with zero attached hydrogens (tertiary/aromatic N) is 1. The molecule has 8 heteroatoms. The van der Waals surface area contributed by atoms with Gasteiger partial charge in [0.05, 0.1) is 25.5 Å². The van der Waals surface area contributed by atoms with Crippen LogP contribution in [0.3, 0.4) is 0 Å². The third kappa shape index (κ3) is 5.65. The second-order valence-corrected chi connectivity index (χ2v) is 6.09. The summed E-state index contributed by atoms with van der Waals surface area (Å²) in [5.41, 5.74) is 3.07. The zero-order chi connectivity index (χ0) is 18.2. The van der Waals surface area contributed by atoms with Crippen molar-refractivity contribution >= 4 is 39.7 Å². The molecule has 0 aliphatic carbocycles. The minimum absolute atomic E-state index is 0.210. The van der Waals surface area contributed by atoms with E-state index in [1.807, 2.05) is 0 Å². The molecule has 0 bridgehead atoms. The lowest BCUT2D eigenvalue weighted by atomic mass is 10.2. The van der Waals surface area contributed by atoms with Crippen LogP contribution in [0.4, 0.5) is 0 Å². The predicted molar refractivity (Wildman–Crippen MR) is 99.9 cm³/mol. The number of hydrogen-bond acceptors (Lipinski definition) is 5. The molecule has 6 nitrogen and oxygen atoms in total. The maximum Gasteiger partial charge on any atom is 0.277 e. The van der Waals surface area contributed by atoms with E-state index in [4.69, 9.17) is 25.8 Å². The van der Waals surface area contributed by atoms with Crippen molar-refractivity contribution in [1.82, 2.24) is 5.43 Å². The molecular formula is C17H16BrClN2O4. The van der Waals surface area contributed by atoms with Gasteiger partial charge in [-0.15, -0.1) is 0 Å². The first-order chi connectivity index (χ1) is 12.0. The van der Waals surface area contributed by atoms with Crippen LogP contribution in [0.5, 0.6) is 17.2 Å². The number of methoxy groups -OCH3 is 2. The maximum atomic E-state index is 11.8. The molecule has 0 aliphatic rings. The van der Waals surface area contributed by atoms with Gasteiger partial charge in [-0.2, -0.15) is 5.10 Å². The third-order valence-corrected chi connectivity index (χ3v) is 3.87. The lowest BCUT2D eigenvalue weighted by Crippen LogP contribution is -2.24. The number of ether oxygens (including phenoxy) is 3. The van der Waals surface area contributed by atoms with E-state index in [2.05, 4.69) is 26.5 Å². The summed E-state index contributed by atoms with van der Waals surface area (Å²) in [6.45, 7) is -0.210. The average Bonchev–Trinajstić information content (AvgIpc) is 2.61. The number of nitrogens with one attached hydrogen (secondary N) is 1. The minimum Gasteiger partial charge on any atom is -0.497 e. The number of rotatable bonds is 7. The zero-order valence-corrected chi connectivity index (χ0v) is 15.9. The quantitative estimate of drug-likeness (QED) is 0.541. The molecule has 0 aromatic heterocycles. The Hall–Kier alpha value is -2.25. The molecule has 1 amide bonds. The normalized spacial score (nSPS) is 10.6. The Morgan fingerprint density at radius 2 is 2.00 bits per heavy atom. The predicted octanol–water partition coefficient (Wildman–Crippen LogP) is 3.65. The van der Waals surface area contributed by atoms with Crippen molar-refractivity contribution in [3.63, 3.8) is 0 Å². The van der Waals surface area contributed by atoms with E-state index in [-0.39, 0.29) is 6.61 Å². The van der Waals surface area contributed by atoms with E-state index in [1.165, 1.54) is 6.21 Å². The van der Waals surface area contributed by atoms with Gasteiger partial charge in [-0.05, 0) is 30.3 Å². The van der Waals surface area contributed by atoms with Crippen LogP contribution in [0.25, 0.3) is 0 Å². The van der Waals surface area contributed by atoms with Crippen molar-refractivity contribution < 1.29 is 19.0 Å². The molecule has 25 heavy (non-hydrogen) atoms. The van der Waals surface area contributed by atoms with Gasteiger partial charge in [0.1, 0.15) is 17.2 Å². The number of halogens is 2.